The Morgan fingerprint density at radius 2 is 1.33 bits per heavy atom. The lowest BCUT2D eigenvalue weighted by Crippen LogP contribution is -2.76. The van der Waals surface area contributed by atoms with Gasteiger partial charge in [-0.05, 0) is 36.4 Å². The summed E-state index contributed by atoms with van der Waals surface area (Å²) in [5, 5.41) is 7.46. The fraction of sp³-hybridized carbons (Fsp3) is 0.250. The summed E-state index contributed by atoms with van der Waals surface area (Å²) in [5.41, 5.74) is 3.09. The number of anilines is 3. The molecule has 7 rings (SSSR count). The van der Waals surface area contributed by atoms with Crippen molar-refractivity contribution in [3.8, 4) is 17.2 Å². The summed E-state index contributed by atoms with van der Waals surface area (Å²) in [6.45, 7) is 0.564. The molecule has 4 aliphatic rings. The second kappa shape index (κ2) is 5.98. The molecule has 0 aliphatic carbocycles. The molecule has 5 unspecified atom stereocenters. The lowest BCUT2D eigenvalue weighted by molar-refractivity contribution is 0.00535. The molecule has 0 bridgehead atoms. The minimum Gasteiger partial charge on any atom is -0.489 e. The topological polar surface area (TPSA) is 55.0 Å². The lowest BCUT2D eigenvalue weighted by Gasteiger charge is -2.58. The van der Waals surface area contributed by atoms with Gasteiger partial charge in [-0.2, -0.15) is 0 Å². The molecule has 3 aromatic rings. The first-order valence-corrected chi connectivity index (χ1v) is 10.4. The van der Waals surface area contributed by atoms with Crippen molar-refractivity contribution < 1.29 is 14.2 Å². The fourth-order valence-electron chi connectivity index (χ4n) is 5.23. The van der Waals surface area contributed by atoms with Crippen LogP contribution in [0.15, 0.2) is 72.8 Å². The van der Waals surface area contributed by atoms with E-state index in [2.05, 4.69) is 39.8 Å². The summed E-state index contributed by atoms with van der Waals surface area (Å²) < 4.78 is 19.3. The highest BCUT2D eigenvalue weighted by Gasteiger charge is 2.57. The monoisotopic (exact) mass is 399 g/mol. The first kappa shape index (κ1) is 16.3. The van der Waals surface area contributed by atoms with E-state index in [1.54, 1.807) is 0 Å². The smallest absolute Gasteiger partial charge is 0.161 e. The van der Waals surface area contributed by atoms with Crippen LogP contribution >= 0.6 is 0 Å². The lowest BCUT2D eigenvalue weighted by atomic mass is 9.85. The van der Waals surface area contributed by atoms with Crippen molar-refractivity contribution in [2.24, 2.45) is 0 Å². The predicted molar refractivity (Wildman–Crippen MR) is 115 cm³/mol. The third-order valence-corrected chi connectivity index (χ3v) is 6.53. The van der Waals surface area contributed by atoms with Gasteiger partial charge in [-0.15, -0.1) is 0 Å². The third-order valence-electron chi connectivity index (χ3n) is 6.53. The molecule has 1 saturated heterocycles. The van der Waals surface area contributed by atoms with Gasteiger partial charge in [0.25, 0.3) is 0 Å². The summed E-state index contributed by atoms with van der Waals surface area (Å²) in [7, 11) is 0. The van der Waals surface area contributed by atoms with Crippen LogP contribution in [0.4, 0.5) is 17.1 Å². The van der Waals surface area contributed by atoms with Crippen molar-refractivity contribution in [2.75, 3.05) is 22.1 Å². The van der Waals surface area contributed by atoms with Gasteiger partial charge < -0.3 is 29.7 Å². The van der Waals surface area contributed by atoms with Crippen molar-refractivity contribution in [3.05, 3.63) is 72.8 Å². The molecule has 0 radical (unpaired) electrons. The summed E-state index contributed by atoms with van der Waals surface area (Å²) in [6, 6.07) is 24.5. The van der Waals surface area contributed by atoms with Crippen molar-refractivity contribution >= 4 is 17.1 Å². The van der Waals surface area contributed by atoms with Gasteiger partial charge in [0.1, 0.15) is 48.2 Å². The number of benzene rings is 3. The summed E-state index contributed by atoms with van der Waals surface area (Å²) in [4.78, 5) is 2.40. The molecule has 2 N–H and O–H groups in total. The van der Waals surface area contributed by atoms with Crippen LogP contribution in [0, 0.1) is 0 Å². The number of nitrogens with zero attached hydrogens (tertiary/aromatic N) is 1. The molecule has 3 aromatic carbocycles. The van der Waals surface area contributed by atoms with Gasteiger partial charge in [0, 0.05) is 0 Å². The molecule has 0 amide bonds. The number of ether oxygens (including phenoxy) is 3. The van der Waals surface area contributed by atoms with E-state index in [1.165, 1.54) is 0 Å². The first-order valence-electron chi connectivity index (χ1n) is 10.4. The largest absolute Gasteiger partial charge is 0.489 e. The SMILES string of the molecule is c1ccc2c(c1)NC1C(O2)C2COc3ccccc3N2C2Nc3ccccc3OC12. The van der Waals surface area contributed by atoms with Crippen LogP contribution in [0.25, 0.3) is 0 Å². The van der Waals surface area contributed by atoms with Gasteiger partial charge in [-0.3, -0.25) is 0 Å². The number of hydrogen-bond donors (Lipinski definition) is 2. The van der Waals surface area contributed by atoms with Crippen LogP contribution in [-0.2, 0) is 0 Å². The molecule has 4 heterocycles. The van der Waals surface area contributed by atoms with Crippen LogP contribution in [-0.4, -0.2) is 37.1 Å². The minimum atomic E-state index is -0.138. The minimum absolute atomic E-state index is 0.0131. The molecular weight excluding hydrogens is 378 g/mol. The Bertz CT molecular complexity index is 1110. The van der Waals surface area contributed by atoms with Gasteiger partial charge in [-0.25, -0.2) is 0 Å². The first-order chi connectivity index (χ1) is 14.9. The van der Waals surface area contributed by atoms with Gasteiger partial charge in [0.15, 0.2) is 6.10 Å². The van der Waals surface area contributed by atoms with Crippen molar-refractivity contribution in [3.63, 3.8) is 0 Å². The number of para-hydroxylation sites is 6. The highest BCUT2D eigenvalue weighted by molar-refractivity contribution is 5.69. The Labute approximate surface area is 174 Å². The number of hydrogen-bond acceptors (Lipinski definition) is 6. The van der Waals surface area contributed by atoms with E-state index in [0.29, 0.717) is 6.61 Å². The van der Waals surface area contributed by atoms with Crippen LogP contribution in [0.5, 0.6) is 17.2 Å². The average molecular weight is 399 g/mol. The molecule has 4 aliphatic heterocycles. The van der Waals surface area contributed by atoms with E-state index in [0.717, 1.165) is 34.3 Å². The van der Waals surface area contributed by atoms with Crippen LogP contribution < -0.4 is 29.7 Å². The Morgan fingerprint density at radius 3 is 2.13 bits per heavy atom. The standard InChI is InChI=1S/C24H21N3O3/c1-4-10-18-14(7-1)25-21-22(29-18)17-13-28-20-12-6-3-9-16(20)27(17)24-23(21)30-19-11-5-2-8-15(19)26-24/h1-12,17,21-26H,13H2. The molecule has 0 aromatic heterocycles. The van der Waals surface area contributed by atoms with Crippen LogP contribution in [0.2, 0.25) is 0 Å². The Balaban J connectivity index is 1.39. The third kappa shape index (κ3) is 2.19. The van der Waals surface area contributed by atoms with Gasteiger partial charge in [0.2, 0.25) is 0 Å². The maximum atomic E-state index is 6.60. The summed E-state index contributed by atoms with van der Waals surface area (Å²) in [5.74, 6) is 2.65. The molecule has 0 spiro atoms. The Kier molecular flexibility index (Phi) is 3.25. The highest BCUT2D eigenvalue weighted by Crippen LogP contribution is 2.47. The number of nitrogens with one attached hydrogen (secondary N) is 2. The molecule has 6 nitrogen and oxygen atoms in total. The van der Waals surface area contributed by atoms with Crippen molar-refractivity contribution in [1.82, 2.24) is 0 Å². The fourth-order valence-corrected chi connectivity index (χ4v) is 5.23. The Morgan fingerprint density at radius 1 is 0.700 bits per heavy atom. The number of rotatable bonds is 0. The highest BCUT2D eigenvalue weighted by atomic mass is 16.5. The molecule has 6 heteroatoms. The zero-order valence-electron chi connectivity index (χ0n) is 16.2. The summed E-state index contributed by atoms with van der Waals surface area (Å²) >= 11 is 0. The van der Waals surface area contributed by atoms with Gasteiger partial charge in [0.05, 0.1) is 17.1 Å². The number of piperidine rings is 1. The normalized spacial score (nSPS) is 29.5. The molecular formula is C24H21N3O3. The van der Waals surface area contributed by atoms with Crippen LogP contribution in [0.1, 0.15) is 0 Å². The second-order valence-corrected chi connectivity index (χ2v) is 8.17. The molecule has 150 valence electrons. The average Bonchev–Trinajstić information content (AvgIpc) is 2.81. The summed E-state index contributed by atoms with van der Waals surface area (Å²) in [6.07, 6.45) is -0.292. The van der Waals surface area contributed by atoms with E-state index < -0.39 is 0 Å². The maximum Gasteiger partial charge on any atom is 0.161 e. The predicted octanol–water partition coefficient (Wildman–Crippen LogP) is 3.71. The maximum absolute atomic E-state index is 6.60. The van der Waals surface area contributed by atoms with E-state index in [4.69, 9.17) is 14.2 Å². The van der Waals surface area contributed by atoms with Crippen molar-refractivity contribution in [1.29, 1.82) is 0 Å². The van der Waals surface area contributed by atoms with Crippen LogP contribution in [0.3, 0.4) is 0 Å². The molecule has 5 atom stereocenters. The van der Waals surface area contributed by atoms with Gasteiger partial charge in [-0.1, -0.05) is 36.4 Å². The van der Waals surface area contributed by atoms with E-state index >= 15 is 0 Å². The van der Waals surface area contributed by atoms with E-state index in [9.17, 15) is 0 Å². The zero-order valence-corrected chi connectivity index (χ0v) is 16.2. The number of fused-ring (bicyclic) bond motifs is 10. The molecule has 30 heavy (non-hydrogen) atoms. The van der Waals surface area contributed by atoms with E-state index in [-0.39, 0.29) is 30.5 Å². The zero-order chi connectivity index (χ0) is 19.7. The molecule has 1 fully saturated rings. The van der Waals surface area contributed by atoms with E-state index in [1.807, 2.05) is 48.5 Å². The second-order valence-electron chi connectivity index (χ2n) is 8.17. The van der Waals surface area contributed by atoms with Gasteiger partial charge >= 0.3 is 0 Å². The quantitative estimate of drug-likeness (QED) is 0.601. The Hall–Kier alpha value is -3.54. The van der Waals surface area contributed by atoms with Crippen molar-refractivity contribution in [2.45, 2.75) is 30.5 Å². The molecule has 0 saturated carbocycles.